The predicted octanol–water partition coefficient (Wildman–Crippen LogP) is 4.03. The number of aromatic nitrogens is 1. The van der Waals surface area contributed by atoms with Gasteiger partial charge in [0, 0.05) is 18.4 Å². The van der Waals surface area contributed by atoms with Gasteiger partial charge in [-0.2, -0.15) is 0 Å². The number of halogens is 2. The molecule has 21 heavy (non-hydrogen) atoms. The molecule has 1 aromatic carbocycles. The molecule has 0 aliphatic rings. The van der Waals surface area contributed by atoms with Crippen molar-refractivity contribution < 1.29 is 4.39 Å². The molecule has 2 nitrogen and oxygen atoms in total. The fourth-order valence-corrected chi connectivity index (χ4v) is 2.61. The van der Waals surface area contributed by atoms with Crippen molar-refractivity contribution in [2.75, 3.05) is 6.54 Å². The Morgan fingerprint density at radius 3 is 2.62 bits per heavy atom. The largest absolute Gasteiger partial charge is 0.314 e. The van der Waals surface area contributed by atoms with Crippen LogP contribution in [0.25, 0.3) is 0 Å². The minimum atomic E-state index is -0.364. The second-order valence-electron chi connectivity index (χ2n) is 5.10. The molecule has 2 aromatic rings. The zero-order valence-electron chi connectivity index (χ0n) is 12.2. The lowest BCUT2D eigenvalue weighted by atomic mass is 9.99. The Balaban J connectivity index is 1.96. The molecule has 1 heterocycles. The summed E-state index contributed by atoms with van der Waals surface area (Å²) in [4.78, 5) is 4.03. The molecule has 0 fully saturated rings. The molecule has 1 atom stereocenters. The fraction of sp³-hybridized carbons (Fsp3) is 0.353. The van der Waals surface area contributed by atoms with E-state index >= 15 is 0 Å². The summed E-state index contributed by atoms with van der Waals surface area (Å²) in [5.74, 6) is -0.364. The highest BCUT2D eigenvalue weighted by Gasteiger charge is 2.10. The van der Waals surface area contributed by atoms with Gasteiger partial charge in [-0.1, -0.05) is 24.6 Å². The topological polar surface area (TPSA) is 24.9 Å². The van der Waals surface area contributed by atoms with Crippen molar-refractivity contribution >= 4 is 11.6 Å². The lowest BCUT2D eigenvalue weighted by Gasteiger charge is -2.18. The third kappa shape index (κ3) is 5.10. The second kappa shape index (κ2) is 8.11. The maximum atomic E-state index is 13.2. The van der Waals surface area contributed by atoms with Crippen molar-refractivity contribution in [3.63, 3.8) is 0 Å². The van der Waals surface area contributed by atoms with Gasteiger partial charge in [0.05, 0.1) is 5.02 Å². The first-order chi connectivity index (χ1) is 10.2. The molecule has 2 rings (SSSR count). The Labute approximate surface area is 130 Å². The predicted molar refractivity (Wildman–Crippen MR) is 85.1 cm³/mol. The smallest absolute Gasteiger partial charge is 0.141 e. The van der Waals surface area contributed by atoms with Gasteiger partial charge in [0.2, 0.25) is 0 Å². The van der Waals surface area contributed by atoms with Crippen LogP contribution in [0.15, 0.2) is 42.7 Å². The Morgan fingerprint density at radius 1 is 1.19 bits per heavy atom. The van der Waals surface area contributed by atoms with E-state index in [1.165, 1.54) is 11.6 Å². The van der Waals surface area contributed by atoms with Crippen LogP contribution in [0.2, 0.25) is 5.02 Å². The average molecular weight is 307 g/mol. The molecular weight excluding hydrogens is 287 g/mol. The lowest BCUT2D eigenvalue weighted by Crippen LogP contribution is -2.31. The zero-order chi connectivity index (χ0) is 15.1. The van der Waals surface area contributed by atoms with Crippen molar-refractivity contribution in [2.24, 2.45) is 0 Å². The first kappa shape index (κ1) is 15.9. The normalized spacial score (nSPS) is 12.3. The van der Waals surface area contributed by atoms with Gasteiger partial charge in [0.15, 0.2) is 0 Å². The van der Waals surface area contributed by atoms with Crippen molar-refractivity contribution in [1.82, 2.24) is 10.3 Å². The van der Waals surface area contributed by atoms with Gasteiger partial charge in [0.25, 0.3) is 0 Å². The van der Waals surface area contributed by atoms with Crippen LogP contribution in [0.3, 0.4) is 0 Å². The van der Waals surface area contributed by atoms with Crippen LogP contribution >= 0.6 is 11.6 Å². The van der Waals surface area contributed by atoms with E-state index in [2.05, 4.69) is 17.2 Å². The number of hydrogen-bond acceptors (Lipinski definition) is 2. The molecule has 1 unspecified atom stereocenters. The van der Waals surface area contributed by atoms with Crippen LogP contribution in [-0.2, 0) is 12.8 Å². The highest BCUT2D eigenvalue weighted by atomic mass is 35.5. The molecule has 0 aliphatic heterocycles. The number of likely N-dealkylation sites (N-methyl/N-ethyl adjacent to an activating group) is 1. The van der Waals surface area contributed by atoms with Crippen LogP contribution in [0.1, 0.15) is 24.5 Å². The summed E-state index contributed by atoms with van der Waals surface area (Å²) >= 11 is 5.84. The number of hydrogen-bond donors (Lipinski definition) is 1. The standard InChI is InChI=1S/C17H20ClFN2/c1-2-21-15(5-3-13-7-9-20-10-8-13)11-14-4-6-17(19)16(18)12-14/h4,6-10,12,15,21H,2-3,5,11H2,1H3. The molecule has 1 aromatic heterocycles. The fourth-order valence-electron chi connectivity index (χ4n) is 2.41. The molecule has 0 spiro atoms. The number of rotatable bonds is 7. The minimum absolute atomic E-state index is 0.192. The summed E-state index contributed by atoms with van der Waals surface area (Å²) in [6.07, 6.45) is 6.50. The summed E-state index contributed by atoms with van der Waals surface area (Å²) in [6, 6.07) is 9.38. The van der Waals surface area contributed by atoms with E-state index in [0.717, 1.165) is 31.4 Å². The van der Waals surface area contributed by atoms with E-state index < -0.39 is 0 Å². The summed E-state index contributed by atoms with van der Waals surface area (Å²) in [6.45, 7) is 3.01. The minimum Gasteiger partial charge on any atom is -0.314 e. The maximum absolute atomic E-state index is 13.2. The van der Waals surface area contributed by atoms with Crippen LogP contribution in [0, 0.1) is 5.82 Å². The van der Waals surface area contributed by atoms with Gasteiger partial charge < -0.3 is 5.32 Å². The molecule has 1 N–H and O–H groups in total. The third-order valence-electron chi connectivity index (χ3n) is 3.49. The summed E-state index contributed by atoms with van der Waals surface area (Å²) in [5, 5.41) is 3.67. The number of aryl methyl sites for hydroxylation is 1. The van der Waals surface area contributed by atoms with Crippen molar-refractivity contribution in [1.29, 1.82) is 0 Å². The summed E-state index contributed by atoms with van der Waals surface area (Å²) in [5.41, 5.74) is 2.34. The number of pyridine rings is 1. The van der Waals surface area contributed by atoms with E-state index in [-0.39, 0.29) is 10.8 Å². The lowest BCUT2D eigenvalue weighted by molar-refractivity contribution is 0.490. The third-order valence-corrected chi connectivity index (χ3v) is 3.78. The number of benzene rings is 1. The monoisotopic (exact) mass is 306 g/mol. The Hall–Kier alpha value is -1.45. The van der Waals surface area contributed by atoms with E-state index in [1.54, 1.807) is 12.1 Å². The molecule has 0 bridgehead atoms. The Kier molecular flexibility index (Phi) is 6.15. The van der Waals surface area contributed by atoms with Crippen LogP contribution in [0.5, 0.6) is 0 Å². The molecule has 0 saturated carbocycles. The summed E-state index contributed by atoms with van der Waals surface area (Å²) in [7, 11) is 0. The molecule has 0 amide bonds. The van der Waals surface area contributed by atoms with Gasteiger partial charge in [-0.15, -0.1) is 0 Å². The first-order valence-electron chi connectivity index (χ1n) is 7.25. The van der Waals surface area contributed by atoms with Crippen LogP contribution in [-0.4, -0.2) is 17.6 Å². The highest BCUT2D eigenvalue weighted by molar-refractivity contribution is 6.30. The summed E-state index contributed by atoms with van der Waals surface area (Å²) < 4.78 is 13.2. The van der Waals surface area contributed by atoms with Crippen molar-refractivity contribution in [3.8, 4) is 0 Å². The van der Waals surface area contributed by atoms with E-state index in [4.69, 9.17) is 11.6 Å². The van der Waals surface area contributed by atoms with Gasteiger partial charge in [-0.3, -0.25) is 4.98 Å². The van der Waals surface area contributed by atoms with Gasteiger partial charge in [0.1, 0.15) is 5.82 Å². The van der Waals surface area contributed by atoms with Crippen molar-refractivity contribution in [3.05, 3.63) is 64.7 Å². The van der Waals surface area contributed by atoms with Crippen LogP contribution in [0.4, 0.5) is 4.39 Å². The van der Waals surface area contributed by atoms with Crippen molar-refractivity contribution in [2.45, 2.75) is 32.2 Å². The molecule has 112 valence electrons. The van der Waals surface area contributed by atoms with E-state index in [1.807, 2.05) is 24.5 Å². The molecular formula is C17H20ClFN2. The zero-order valence-corrected chi connectivity index (χ0v) is 12.9. The average Bonchev–Trinajstić information content (AvgIpc) is 2.50. The van der Waals surface area contributed by atoms with Gasteiger partial charge in [-0.05, 0) is 61.2 Å². The quantitative estimate of drug-likeness (QED) is 0.835. The second-order valence-corrected chi connectivity index (χ2v) is 5.51. The molecule has 0 radical (unpaired) electrons. The number of nitrogens with zero attached hydrogens (tertiary/aromatic N) is 1. The first-order valence-corrected chi connectivity index (χ1v) is 7.63. The Bertz CT molecular complexity index is 560. The van der Waals surface area contributed by atoms with E-state index in [0.29, 0.717) is 6.04 Å². The Morgan fingerprint density at radius 2 is 1.95 bits per heavy atom. The molecule has 0 aliphatic carbocycles. The number of nitrogens with one attached hydrogen (secondary N) is 1. The van der Waals surface area contributed by atoms with Gasteiger partial charge >= 0.3 is 0 Å². The van der Waals surface area contributed by atoms with E-state index in [9.17, 15) is 4.39 Å². The molecule has 4 heteroatoms. The van der Waals surface area contributed by atoms with Gasteiger partial charge in [-0.25, -0.2) is 4.39 Å². The molecule has 0 saturated heterocycles. The highest BCUT2D eigenvalue weighted by Crippen LogP contribution is 2.18. The SMILES string of the molecule is CCNC(CCc1ccncc1)Cc1ccc(F)c(Cl)c1. The van der Waals surface area contributed by atoms with Crippen LogP contribution < -0.4 is 5.32 Å². The maximum Gasteiger partial charge on any atom is 0.141 e.